The van der Waals surface area contributed by atoms with Crippen LogP contribution in [0.5, 0.6) is 0 Å². The Morgan fingerprint density at radius 1 is 0.390 bits per heavy atom. The van der Waals surface area contributed by atoms with E-state index in [1.165, 1.54) is 94.3 Å². The summed E-state index contributed by atoms with van der Waals surface area (Å²) in [5.74, 6) is 0. The standard InChI is InChI=1S/C58H45N/c1-38-18-11-13-25-45(38)55-39(2)19-17-29-54(55)59(43-31-34-48-47-27-15-16-28-51(47)57(3,4)52(48)36-43)44-32-35-49-50-33-30-40-20-12-14-26-46(40)56(50)58(53(49)37-44,41-21-7-5-8-22-41)42-23-9-6-10-24-42/h5-37H,1-4H3. The summed E-state index contributed by atoms with van der Waals surface area (Å²) in [7, 11) is 0. The van der Waals surface area contributed by atoms with E-state index in [2.05, 4.69) is 233 Å². The molecule has 1 nitrogen and oxygen atoms in total. The number of anilines is 3. The quantitative estimate of drug-likeness (QED) is 0.163. The first kappa shape index (κ1) is 35.2. The zero-order chi connectivity index (χ0) is 39.9. The highest BCUT2D eigenvalue weighted by Crippen LogP contribution is 2.60. The summed E-state index contributed by atoms with van der Waals surface area (Å²) in [6.45, 7) is 9.24. The minimum absolute atomic E-state index is 0.143. The van der Waals surface area contributed by atoms with Crippen molar-refractivity contribution in [2.24, 2.45) is 0 Å². The molecule has 11 rings (SSSR count). The summed E-state index contributed by atoms with van der Waals surface area (Å²) in [5, 5.41) is 2.54. The SMILES string of the molecule is Cc1ccccc1-c1c(C)cccc1N(c1ccc2c(c1)C(C)(C)c1ccccc1-2)c1ccc2c(c1)C(c1ccccc1)(c1ccccc1)c1c-2ccc2ccccc12. The zero-order valence-corrected chi connectivity index (χ0v) is 34.0. The van der Waals surface area contributed by atoms with Crippen molar-refractivity contribution in [2.75, 3.05) is 4.90 Å². The molecule has 0 N–H and O–H groups in total. The van der Waals surface area contributed by atoms with Gasteiger partial charge in [-0.3, -0.25) is 0 Å². The van der Waals surface area contributed by atoms with Gasteiger partial charge in [-0.2, -0.15) is 0 Å². The molecule has 2 aliphatic carbocycles. The molecule has 0 aliphatic heterocycles. The first-order valence-corrected chi connectivity index (χ1v) is 20.9. The molecule has 1 heteroatoms. The number of hydrogen-bond donors (Lipinski definition) is 0. The number of fused-ring (bicyclic) bond motifs is 8. The Hall–Kier alpha value is -6.96. The molecule has 0 fully saturated rings. The van der Waals surface area contributed by atoms with Crippen LogP contribution in [-0.2, 0) is 10.8 Å². The van der Waals surface area contributed by atoms with Crippen LogP contribution in [0, 0.1) is 13.8 Å². The van der Waals surface area contributed by atoms with Crippen molar-refractivity contribution in [3.8, 4) is 33.4 Å². The van der Waals surface area contributed by atoms with Crippen LogP contribution >= 0.6 is 0 Å². The average Bonchev–Trinajstić information content (AvgIpc) is 3.70. The molecule has 9 aromatic carbocycles. The van der Waals surface area contributed by atoms with Gasteiger partial charge in [-0.1, -0.05) is 184 Å². The number of nitrogens with zero attached hydrogens (tertiary/aromatic N) is 1. The van der Waals surface area contributed by atoms with Crippen LogP contribution in [0.1, 0.15) is 58.4 Å². The van der Waals surface area contributed by atoms with E-state index in [1.54, 1.807) is 0 Å². The second-order valence-electron chi connectivity index (χ2n) is 16.9. The normalized spacial score (nSPS) is 14.0. The van der Waals surface area contributed by atoms with Crippen LogP contribution in [0.4, 0.5) is 17.1 Å². The van der Waals surface area contributed by atoms with Crippen molar-refractivity contribution in [3.05, 3.63) is 245 Å². The second kappa shape index (κ2) is 13.3. The third-order valence-corrected chi connectivity index (χ3v) is 13.4. The van der Waals surface area contributed by atoms with E-state index < -0.39 is 5.41 Å². The lowest BCUT2D eigenvalue weighted by Gasteiger charge is -2.36. The fraction of sp³-hybridized carbons (Fsp3) is 0.103. The smallest absolute Gasteiger partial charge is 0.0720 e. The minimum atomic E-state index is -0.567. The minimum Gasteiger partial charge on any atom is -0.310 e. The number of rotatable bonds is 6. The molecule has 0 radical (unpaired) electrons. The van der Waals surface area contributed by atoms with E-state index in [9.17, 15) is 0 Å². The lowest BCUT2D eigenvalue weighted by molar-refractivity contribution is 0.660. The first-order valence-electron chi connectivity index (χ1n) is 20.9. The zero-order valence-electron chi connectivity index (χ0n) is 34.0. The highest BCUT2D eigenvalue weighted by molar-refractivity contribution is 6.01. The van der Waals surface area contributed by atoms with Crippen molar-refractivity contribution in [3.63, 3.8) is 0 Å². The van der Waals surface area contributed by atoms with E-state index in [0.717, 1.165) is 11.4 Å². The molecule has 0 heterocycles. The van der Waals surface area contributed by atoms with Crippen molar-refractivity contribution in [2.45, 2.75) is 38.5 Å². The van der Waals surface area contributed by atoms with Gasteiger partial charge in [-0.25, -0.2) is 0 Å². The third kappa shape index (κ3) is 5.11. The Morgan fingerprint density at radius 3 is 1.64 bits per heavy atom. The predicted molar refractivity (Wildman–Crippen MR) is 248 cm³/mol. The fourth-order valence-corrected chi connectivity index (χ4v) is 10.7. The van der Waals surface area contributed by atoms with E-state index in [1.807, 2.05) is 0 Å². The Labute approximate surface area is 347 Å². The summed E-state index contributed by atoms with van der Waals surface area (Å²) in [6.07, 6.45) is 0. The maximum atomic E-state index is 2.54. The van der Waals surface area contributed by atoms with E-state index in [4.69, 9.17) is 0 Å². The molecule has 0 saturated carbocycles. The summed E-state index contributed by atoms with van der Waals surface area (Å²) >= 11 is 0. The summed E-state index contributed by atoms with van der Waals surface area (Å²) in [5.41, 5.74) is 20.9. The lowest BCUT2D eigenvalue weighted by Crippen LogP contribution is -2.29. The van der Waals surface area contributed by atoms with Crippen LogP contribution in [0.3, 0.4) is 0 Å². The molecule has 0 spiro atoms. The molecule has 0 bridgehead atoms. The molecule has 0 atom stereocenters. The summed E-state index contributed by atoms with van der Waals surface area (Å²) < 4.78 is 0. The Kier molecular flexibility index (Phi) is 7.94. The second-order valence-corrected chi connectivity index (χ2v) is 16.9. The molecular weight excluding hydrogens is 711 g/mol. The number of hydrogen-bond acceptors (Lipinski definition) is 1. The lowest BCUT2D eigenvalue weighted by atomic mass is 9.66. The molecule has 59 heavy (non-hydrogen) atoms. The molecule has 282 valence electrons. The van der Waals surface area contributed by atoms with Crippen LogP contribution < -0.4 is 4.90 Å². The van der Waals surface area contributed by atoms with Crippen LogP contribution in [-0.4, -0.2) is 0 Å². The van der Waals surface area contributed by atoms with Gasteiger partial charge in [0.2, 0.25) is 0 Å². The first-order chi connectivity index (χ1) is 28.9. The van der Waals surface area contributed by atoms with Gasteiger partial charge in [0, 0.05) is 22.4 Å². The molecule has 0 saturated heterocycles. The van der Waals surface area contributed by atoms with Crippen molar-refractivity contribution >= 4 is 27.8 Å². The van der Waals surface area contributed by atoms with Gasteiger partial charge in [-0.05, 0) is 127 Å². The number of aryl methyl sites for hydroxylation is 2. The van der Waals surface area contributed by atoms with Gasteiger partial charge in [0.1, 0.15) is 0 Å². The highest BCUT2D eigenvalue weighted by Gasteiger charge is 2.47. The van der Waals surface area contributed by atoms with Gasteiger partial charge in [0.15, 0.2) is 0 Å². The van der Waals surface area contributed by atoms with Gasteiger partial charge in [0.25, 0.3) is 0 Å². The Bertz CT molecular complexity index is 3060. The predicted octanol–water partition coefficient (Wildman–Crippen LogP) is 15.3. The molecule has 0 amide bonds. The summed E-state index contributed by atoms with van der Waals surface area (Å²) in [6, 6.07) is 75.0. The van der Waals surface area contributed by atoms with E-state index in [0.29, 0.717) is 0 Å². The molecule has 0 aromatic heterocycles. The van der Waals surface area contributed by atoms with Gasteiger partial charge in [-0.15, -0.1) is 0 Å². The monoisotopic (exact) mass is 755 g/mol. The van der Waals surface area contributed by atoms with Crippen molar-refractivity contribution < 1.29 is 0 Å². The average molecular weight is 756 g/mol. The maximum Gasteiger partial charge on any atom is 0.0720 e. The van der Waals surface area contributed by atoms with E-state index in [-0.39, 0.29) is 5.41 Å². The Morgan fingerprint density at radius 2 is 0.932 bits per heavy atom. The largest absolute Gasteiger partial charge is 0.310 e. The van der Waals surface area contributed by atoms with Gasteiger partial charge < -0.3 is 4.90 Å². The maximum absolute atomic E-state index is 2.54. The van der Waals surface area contributed by atoms with Crippen LogP contribution in [0.2, 0.25) is 0 Å². The third-order valence-electron chi connectivity index (χ3n) is 13.4. The molecule has 2 aliphatic rings. The fourth-order valence-electron chi connectivity index (χ4n) is 10.7. The topological polar surface area (TPSA) is 3.24 Å². The van der Waals surface area contributed by atoms with Crippen molar-refractivity contribution in [1.82, 2.24) is 0 Å². The molecule has 9 aromatic rings. The molecule has 0 unspecified atom stereocenters. The Balaban J connectivity index is 1.24. The van der Waals surface area contributed by atoms with Crippen LogP contribution in [0.15, 0.2) is 200 Å². The summed E-state index contributed by atoms with van der Waals surface area (Å²) in [4.78, 5) is 2.54. The number of benzene rings is 9. The van der Waals surface area contributed by atoms with Crippen molar-refractivity contribution in [1.29, 1.82) is 0 Å². The molecular formula is C58H45N. The van der Waals surface area contributed by atoms with Crippen LogP contribution in [0.25, 0.3) is 44.2 Å². The van der Waals surface area contributed by atoms with E-state index >= 15 is 0 Å². The van der Waals surface area contributed by atoms with Gasteiger partial charge >= 0.3 is 0 Å². The van der Waals surface area contributed by atoms with Gasteiger partial charge in [0.05, 0.1) is 11.1 Å². The highest BCUT2D eigenvalue weighted by atomic mass is 15.1.